The third-order valence-corrected chi connectivity index (χ3v) is 4.07. The summed E-state index contributed by atoms with van der Waals surface area (Å²) < 4.78 is 10.5. The van der Waals surface area contributed by atoms with Crippen molar-refractivity contribution in [2.24, 2.45) is 0 Å². The molecule has 1 amide bonds. The van der Waals surface area contributed by atoms with Gasteiger partial charge in [-0.2, -0.15) is 0 Å². The molecule has 1 heterocycles. The highest BCUT2D eigenvalue weighted by molar-refractivity contribution is 5.95. The molecule has 1 atom stereocenters. The molecular weight excluding hydrogens is 330 g/mol. The molecule has 0 saturated carbocycles. The molecule has 3 aromatic rings. The Balaban J connectivity index is 1.67. The smallest absolute Gasteiger partial charge is 0.266 e. The number of carbonyl (C=O) groups excluding carboxylic acids is 1. The third-order valence-electron chi connectivity index (χ3n) is 4.07. The van der Waals surface area contributed by atoms with Gasteiger partial charge in [-0.15, -0.1) is 0 Å². The van der Waals surface area contributed by atoms with E-state index in [4.69, 9.17) is 9.37 Å². The van der Waals surface area contributed by atoms with E-state index in [1.807, 2.05) is 55.5 Å². The van der Waals surface area contributed by atoms with Crippen molar-refractivity contribution in [1.82, 2.24) is 10.3 Å². The summed E-state index contributed by atoms with van der Waals surface area (Å²) in [6, 6.07) is 15.4. The van der Waals surface area contributed by atoms with E-state index in [1.54, 1.807) is 6.92 Å². The van der Waals surface area contributed by atoms with Crippen LogP contribution in [0.1, 0.15) is 25.0 Å². The van der Waals surface area contributed by atoms with Crippen LogP contribution in [0.2, 0.25) is 0 Å². The van der Waals surface area contributed by atoms with Crippen LogP contribution in [0, 0.1) is 6.92 Å². The maximum atomic E-state index is 12.4. The fourth-order valence-corrected chi connectivity index (χ4v) is 2.45. The first-order valence-corrected chi connectivity index (χ1v) is 8.53. The highest BCUT2D eigenvalue weighted by atomic mass is 16.6. The SMILES string of the molecule is CCc1ccc(OC(C)C(=O)Nc2nonc2-c2ccc(C)cc2)cc1. The fourth-order valence-electron chi connectivity index (χ4n) is 2.45. The van der Waals surface area contributed by atoms with Gasteiger partial charge >= 0.3 is 0 Å². The Morgan fingerprint density at radius 2 is 1.81 bits per heavy atom. The van der Waals surface area contributed by atoms with E-state index in [-0.39, 0.29) is 11.7 Å². The molecule has 0 spiro atoms. The van der Waals surface area contributed by atoms with Crippen molar-refractivity contribution in [2.75, 3.05) is 5.32 Å². The maximum absolute atomic E-state index is 12.4. The summed E-state index contributed by atoms with van der Waals surface area (Å²) in [6.45, 7) is 5.77. The van der Waals surface area contributed by atoms with Crippen LogP contribution in [-0.4, -0.2) is 22.3 Å². The number of rotatable bonds is 6. The van der Waals surface area contributed by atoms with Gasteiger partial charge in [-0.1, -0.05) is 48.9 Å². The lowest BCUT2D eigenvalue weighted by molar-refractivity contribution is -0.122. The minimum atomic E-state index is -0.690. The lowest BCUT2D eigenvalue weighted by Crippen LogP contribution is -2.30. The minimum absolute atomic E-state index is 0.274. The molecule has 0 aliphatic carbocycles. The number of hydrogen-bond acceptors (Lipinski definition) is 5. The number of nitrogens with zero attached hydrogens (tertiary/aromatic N) is 2. The normalized spacial score (nSPS) is 11.8. The molecule has 134 valence electrons. The highest BCUT2D eigenvalue weighted by Gasteiger charge is 2.20. The standard InChI is InChI=1S/C20H21N3O3/c1-4-15-7-11-17(12-8-15)25-14(3)20(24)21-19-18(22-26-23-19)16-9-5-13(2)6-10-16/h5-12,14H,4H2,1-3H3,(H,21,23,24). The van der Waals surface area contributed by atoms with E-state index in [0.29, 0.717) is 11.4 Å². The Morgan fingerprint density at radius 3 is 2.46 bits per heavy atom. The molecule has 1 N–H and O–H groups in total. The quantitative estimate of drug-likeness (QED) is 0.726. The first-order valence-electron chi connectivity index (χ1n) is 8.53. The maximum Gasteiger partial charge on any atom is 0.266 e. The van der Waals surface area contributed by atoms with Gasteiger partial charge in [0, 0.05) is 5.56 Å². The molecule has 6 nitrogen and oxygen atoms in total. The second-order valence-electron chi connectivity index (χ2n) is 6.07. The van der Waals surface area contributed by atoms with Crippen molar-refractivity contribution in [3.63, 3.8) is 0 Å². The molecule has 1 unspecified atom stereocenters. The minimum Gasteiger partial charge on any atom is -0.481 e. The average Bonchev–Trinajstić information content (AvgIpc) is 3.11. The van der Waals surface area contributed by atoms with Crippen LogP contribution in [0.4, 0.5) is 5.82 Å². The summed E-state index contributed by atoms with van der Waals surface area (Å²) in [5.41, 5.74) is 3.64. The Hall–Kier alpha value is -3.15. The molecule has 0 saturated heterocycles. The van der Waals surface area contributed by atoms with Gasteiger partial charge in [-0.05, 0) is 48.3 Å². The molecule has 0 aliphatic rings. The van der Waals surface area contributed by atoms with Crippen molar-refractivity contribution < 1.29 is 14.2 Å². The summed E-state index contributed by atoms with van der Waals surface area (Å²) >= 11 is 0. The van der Waals surface area contributed by atoms with Crippen molar-refractivity contribution in [3.05, 3.63) is 59.7 Å². The number of hydrogen-bond donors (Lipinski definition) is 1. The van der Waals surface area contributed by atoms with E-state index in [1.165, 1.54) is 5.56 Å². The van der Waals surface area contributed by atoms with Crippen molar-refractivity contribution >= 4 is 11.7 Å². The number of aromatic nitrogens is 2. The average molecular weight is 351 g/mol. The van der Waals surface area contributed by atoms with E-state index in [0.717, 1.165) is 17.5 Å². The molecular formula is C20H21N3O3. The van der Waals surface area contributed by atoms with Gasteiger partial charge in [0.05, 0.1) is 0 Å². The van der Waals surface area contributed by atoms with Crippen LogP contribution in [0.5, 0.6) is 5.75 Å². The van der Waals surface area contributed by atoms with Crippen LogP contribution in [0.3, 0.4) is 0 Å². The second-order valence-corrected chi connectivity index (χ2v) is 6.07. The predicted octanol–water partition coefficient (Wildman–Crippen LogP) is 4.01. The van der Waals surface area contributed by atoms with E-state index < -0.39 is 6.10 Å². The number of carbonyl (C=O) groups is 1. The van der Waals surface area contributed by atoms with Crippen LogP contribution in [0.15, 0.2) is 53.2 Å². The number of aryl methyl sites for hydroxylation is 2. The zero-order chi connectivity index (χ0) is 18.5. The van der Waals surface area contributed by atoms with Gasteiger partial charge in [0.25, 0.3) is 5.91 Å². The zero-order valence-electron chi connectivity index (χ0n) is 15.0. The summed E-state index contributed by atoms with van der Waals surface area (Å²) in [6.07, 6.45) is 0.266. The first kappa shape index (κ1) is 17.7. The van der Waals surface area contributed by atoms with Gasteiger partial charge in [0.2, 0.25) is 5.82 Å². The summed E-state index contributed by atoms with van der Waals surface area (Å²) in [5.74, 6) is 0.589. The van der Waals surface area contributed by atoms with Crippen molar-refractivity contribution in [1.29, 1.82) is 0 Å². The Kier molecular flexibility index (Phi) is 5.31. The summed E-state index contributed by atoms with van der Waals surface area (Å²) in [4.78, 5) is 12.4. The molecule has 0 radical (unpaired) electrons. The molecule has 0 aliphatic heterocycles. The van der Waals surface area contributed by atoms with Gasteiger partial charge in [0.1, 0.15) is 5.75 Å². The van der Waals surface area contributed by atoms with Crippen LogP contribution < -0.4 is 10.1 Å². The number of amides is 1. The topological polar surface area (TPSA) is 77.2 Å². The predicted molar refractivity (Wildman–Crippen MR) is 99.0 cm³/mol. The van der Waals surface area contributed by atoms with E-state index >= 15 is 0 Å². The fraction of sp³-hybridized carbons (Fsp3) is 0.250. The van der Waals surface area contributed by atoms with E-state index in [9.17, 15) is 4.79 Å². The number of nitrogens with one attached hydrogen (secondary N) is 1. The molecule has 0 bridgehead atoms. The molecule has 26 heavy (non-hydrogen) atoms. The Bertz CT molecular complexity index is 870. The molecule has 6 heteroatoms. The summed E-state index contributed by atoms with van der Waals surface area (Å²) in [5, 5.41) is 10.4. The number of anilines is 1. The van der Waals surface area contributed by atoms with Crippen molar-refractivity contribution in [3.8, 4) is 17.0 Å². The Morgan fingerprint density at radius 1 is 1.12 bits per heavy atom. The second kappa shape index (κ2) is 7.82. The molecule has 0 fully saturated rings. The first-order chi connectivity index (χ1) is 12.6. The highest BCUT2D eigenvalue weighted by Crippen LogP contribution is 2.25. The monoisotopic (exact) mass is 351 g/mol. The summed E-state index contributed by atoms with van der Waals surface area (Å²) in [7, 11) is 0. The molecule has 1 aromatic heterocycles. The van der Waals surface area contributed by atoms with Gasteiger partial charge in [-0.3, -0.25) is 4.79 Å². The van der Waals surface area contributed by atoms with Crippen molar-refractivity contribution in [2.45, 2.75) is 33.3 Å². The lowest BCUT2D eigenvalue weighted by Gasteiger charge is -2.14. The van der Waals surface area contributed by atoms with E-state index in [2.05, 4.69) is 22.6 Å². The molecule has 2 aromatic carbocycles. The van der Waals surface area contributed by atoms with Gasteiger partial charge in [-0.25, -0.2) is 4.63 Å². The van der Waals surface area contributed by atoms with Crippen LogP contribution in [0.25, 0.3) is 11.3 Å². The number of benzene rings is 2. The number of ether oxygens (including phenoxy) is 1. The Labute approximate surface area is 152 Å². The largest absolute Gasteiger partial charge is 0.481 e. The third kappa shape index (κ3) is 4.08. The van der Waals surface area contributed by atoms with Crippen LogP contribution >= 0.6 is 0 Å². The zero-order valence-corrected chi connectivity index (χ0v) is 15.0. The van der Waals surface area contributed by atoms with Gasteiger partial charge < -0.3 is 10.1 Å². The van der Waals surface area contributed by atoms with Gasteiger partial charge in [0.15, 0.2) is 11.8 Å². The van der Waals surface area contributed by atoms with Crippen LogP contribution in [-0.2, 0) is 11.2 Å². The lowest BCUT2D eigenvalue weighted by atomic mass is 10.1. The molecule has 3 rings (SSSR count).